The zero-order valence-electron chi connectivity index (χ0n) is 14.3. The lowest BCUT2D eigenvalue weighted by Crippen LogP contribution is -2.52. The molecule has 0 bridgehead atoms. The van der Waals surface area contributed by atoms with E-state index in [1.807, 2.05) is 6.08 Å². The van der Waals surface area contributed by atoms with Crippen molar-refractivity contribution in [2.75, 3.05) is 0 Å². The van der Waals surface area contributed by atoms with Crippen molar-refractivity contribution < 1.29 is 9.90 Å². The highest BCUT2D eigenvalue weighted by molar-refractivity contribution is 5.91. The van der Waals surface area contributed by atoms with Crippen molar-refractivity contribution in [3.8, 4) is 0 Å². The van der Waals surface area contributed by atoms with Gasteiger partial charge in [0.25, 0.3) is 0 Å². The Morgan fingerprint density at radius 3 is 2.68 bits per heavy atom. The van der Waals surface area contributed by atoms with Gasteiger partial charge < -0.3 is 5.11 Å². The summed E-state index contributed by atoms with van der Waals surface area (Å²) in [4.78, 5) is 11.9. The summed E-state index contributed by atoms with van der Waals surface area (Å²) < 4.78 is 0. The second-order valence-corrected chi connectivity index (χ2v) is 9.13. The fourth-order valence-corrected chi connectivity index (χ4v) is 6.96. The fraction of sp³-hybridized carbons (Fsp3) is 0.850. The Labute approximate surface area is 134 Å². The van der Waals surface area contributed by atoms with Crippen molar-refractivity contribution in [2.45, 2.75) is 71.8 Å². The van der Waals surface area contributed by atoms with E-state index in [0.29, 0.717) is 17.6 Å². The predicted octanol–water partition coefficient (Wildman–Crippen LogP) is 4.13. The molecule has 0 unspecified atom stereocenters. The van der Waals surface area contributed by atoms with Crippen molar-refractivity contribution in [3.63, 3.8) is 0 Å². The maximum atomic E-state index is 11.9. The molecule has 3 saturated carbocycles. The summed E-state index contributed by atoms with van der Waals surface area (Å²) in [5.41, 5.74) is 1.85. The van der Waals surface area contributed by atoms with Crippen molar-refractivity contribution in [3.05, 3.63) is 11.6 Å². The van der Waals surface area contributed by atoms with E-state index in [-0.39, 0.29) is 16.9 Å². The Morgan fingerprint density at radius 2 is 1.91 bits per heavy atom. The second kappa shape index (κ2) is 4.69. The molecule has 2 heteroatoms. The van der Waals surface area contributed by atoms with Gasteiger partial charge in [-0.25, -0.2) is 0 Å². The van der Waals surface area contributed by atoms with E-state index < -0.39 is 0 Å². The maximum Gasteiger partial charge on any atom is 0.155 e. The summed E-state index contributed by atoms with van der Waals surface area (Å²) in [6.45, 7) is 7.11. The van der Waals surface area contributed by atoms with E-state index in [1.54, 1.807) is 0 Å². The first-order chi connectivity index (χ1) is 10.4. The lowest BCUT2D eigenvalue weighted by Gasteiger charge is -2.59. The largest absolute Gasteiger partial charge is 0.393 e. The molecule has 0 radical (unpaired) electrons. The minimum absolute atomic E-state index is 0.0913. The van der Waals surface area contributed by atoms with Crippen molar-refractivity contribution in [1.82, 2.24) is 0 Å². The zero-order valence-corrected chi connectivity index (χ0v) is 14.3. The second-order valence-electron chi connectivity index (χ2n) is 9.13. The summed E-state index contributed by atoms with van der Waals surface area (Å²) in [6, 6.07) is 0. The van der Waals surface area contributed by atoms with Gasteiger partial charge in [0.05, 0.1) is 6.10 Å². The first kappa shape index (κ1) is 14.9. The van der Waals surface area contributed by atoms with Crippen LogP contribution in [0.5, 0.6) is 0 Å². The summed E-state index contributed by atoms with van der Waals surface area (Å²) in [5, 5.41) is 10.5. The van der Waals surface area contributed by atoms with Crippen molar-refractivity contribution in [1.29, 1.82) is 0 Å². The standard InChI is InChI=1S/C20H30O2/c1-12-10-14-15-4-5-18(22)20(15,3)9-7-16(14)19(2)8-6-13(21)11-17(12)19/h11-12,14-16,18,22H,4-10H2,1-3H3/t12-,14+,15-,16-,18-,19-,20-/m1/s1. The number of aliphatic hydroxyl groups is 1. The number of hydrogen-bond donors (Lipinski definition) is 1. The molecule has 0 heterocycles. The normalized spacial score (nSPS) is 54.3. The summed E-state index contributed by atoms with van der Waals surface area (Å²) >= 11 is 0. The Bertz CT molecular complexity index is 536. The van der Waals surface area contributed by atoms with Crippen LogP contribution in [0, 0.1) is 34.5 Å². The van der Waals surface area contributed by atoms with Crippen LogP contribution in [0.3, 0.4) is 0 Å². The molecule has 1 N–H and O–H groups in total. The van der Waals surface area contributed by atoms with Gasteiger partial charge in [-0.15, -0.1) is 0 Å². The zero-order chi connectivity index (χ0) is 15.7. The fourth-order valence-electron chi connectivity index (χ4n) is 6.96. The van der Waals surface area contributed by atoms with Crippen LogP contribution in [0.4, 0.5) is 0 Å². The molecular formula is C20H30O2. The van der Waals surface area contributed by atoms with E-state index in [0.717, 1.165) is 31.1 Å². The number of hydrogen-bond acceptors (Lipinski definition) is 2. The smallest absolute Gasteiger partial charge is 0.155 e. The molecule has 4 rings (SSSR count). The predicted molar refractivity (Wildman–Crippen MR) is 87.3 cm³/mol. The summed E-state index contributed by atoms with van der Waals surface area (Å²) in [5.74, 6) is 3.05. The van der Waals surface area contributed by atoms with Gasteiger partial charge in [0.2, 0.25) is 0 Å². The average molecular weight is 302 g/mol. The van der Waals surface area contributed by atoms with Gasteiger partial charge in [0.15, 0.2) is 5.78 Å². The van der Waals surface area contributed by atoms with Gasteiger partial charge in [-0.1, -0.05) is 26.3 Å². The molecule has 4 aliphatic rings. The van der Waals surface area contributed by atoms with Crippen LogP contribution >= 0.6 is 0 Å². The number of fused-ring (bicyclic) bond motifs is 5. The Morgan fingerprint density at radius 1 is 1.14 bits per heavy atom. The quantitative estimate of drug-likeness (QED) is 0.730. The van der Waals surface area contributed by atoms with Gasteiger partial charge in [0.1, 0.15) is 0 Å². The molecular weight excluding hydrogens is 272 g/mol. The lowest BCUT2D eigenvalue weighted by atomic mass is 9.45. The lowest BCUT2D eigenvalue weighted by molar-refractivity contribution is -0.118. The molecule has 0 aromatic heterocycles. The number of carbonyl (C=O) groups excluding carboxylic acids is 1. The van der Waals surface area contributed by atoms with E-state index in [9.17, 15) is 9.90 Å². The van der Waals surface area contributed by atoms with Gasteiger partial charge in [-0.2, -0.15) is 0 Å². The highest BCUT2D eigenvalue weighted by atomic mass is 16.3. The molecule has 0 aromatic carbocycles. The first-order valence-electron chi connectivity index (χ1n) is 9.29. The summed E-state index contributed by atoms with van der Waals surface area (Å²) in [6.07, 6.45) is 9.54. The Kier molecular flexibility index (Phi) is 3.18. The monoisotopic (exact) mass is 302 g/mol. The Hall–Kier alpha value is -0.630. The Balaban J connectivity index is 1.73. The topological polar surface area (TPSA) is 37.3 Å². The molecule has 0 aliphatic heterocycles. The van der Waals surface area contributed by atoms with Crippen LogP contribution < -0.4 is 0 Å². The molecule has 0 amide bonds. The van der Waals surface area contributed by atoms with Gasteiger partial charge in [0, 0.05) is 6.42 Å². The highest BCUT2D eigenvalue weighted by Crippen LogP contribution is 2.66. The number of carbonyl (C=O) groups is 1. The van der Waals surface area contributed by atoms with Gasteiger partial charge >= 0.3 is 0 Å². The summed E-state index contributed by atoms with van der Waals surface area (Å²) in [7, 11) is 0. The number of allylic oxidation sites excluding steroid dienone is 1. The third kappa shape index (κ3) is 1.79. The molecule has 4 aliphatic carbocycles. The third-order valence-electron chi connectivity index (χ3n) is 8.23. The molecule has 2 nitrogen and oxygen atoms in total. The van der Waals surface area contributed by atoms with Crippen LogP contribution in [0.25, 0.3) is 0 Å². The van der Waals surface area contributed by atoms with Crippen LogP contribution in [0.2, 0.25) is 0 Å². The average Bonchev–Trinajstić information content (AvgIpc) is 2.77. The molecule has 0 spiro atoms. The molecule has 0 aromatic rings. The van der Waals surface area contributed by atoms with Gasteiger partial charge in [-0.3, -0.25) is 4.79 Å². The maximum absolute atomic E-state index is 11.9. The minimum atomic E-state index is -0.0913. The molecule has 22 heavy (non-hydrogen) atoms. The van der Waals surface area contributed by atoms with Crippen LogP contribution in [0.15, 0.2) is 11.6 Å². The minimum Gasteiger partial charge on any atom is -0.393 e. The first-order valence-corrected chi connectivity index (χ1v) is 9.29. The van der Waals surface area contributed by atoms with Crippen molar-refractivity contribution >= 4 is 5.78 Å². The number of aliphatic hydroxyl groups excluding tert-OH is 1. The van der Waals surface area contributed by atoms with E-state index in [2.05, 4.69) is 20.8 Å². The number of rotatable bonds is 0. The SMILES string of the molecule is C[C@@H]1C[C@H]2[C@H]3CC[C@@H](O)[C@]3(C)CC[C@H]2[C@@]2(C)CCC(=O)C=C12. The number of ketones is 1. The van der Waals surface area contributed by atoms with Crippen molar-refractivity contribution in [2.24, 2.45) is 34.5 Å². The van der Waals surface area contributed by atoms with Crippen LogP contribution in [-0.2, 0) is 4.79 Å². The van der Waals surface area contributed by atoms with E-state index in [1.165, 1.54) is 31.3 Å². The molecule has 7 atom stereocenters. The van der Waals surface area contributed by atoms with E-state index >= 15 is 0 Å². The highest BCUT2D eigenvalue weighted by Gasteiger charge is 2.59. The van der Waals surface area contributed by atoms with Crippen LogP contribution in [-0.4, -0.2) is 17.0 Å². The van der Waals surface area contributed by atoms with E-state index in [4.69, 9.17) is 0 Å². The van der Waals surface area contributed by atoms with Crippen LogP contribution in [0.1, 0.15) is 65.7 Å². The third-order valence-corrected chi connectivity index (χ3v) is 8.23. The molecule has 3 fully saturated rings. The molecule has 0 saturated heterocycles. The van der Waals surface area contributed by atoms with Gasteiger partial charge in [-0.05, 0) is 79.1 Å². The molecule has 122 valence electrons.